The second-order valence-corrected chi connectivity index (χ2v) is 4.64. The van der Waals surface area contributed by atoms with Crippen LogP contribution in [0.1, 0.15) is 39.0 Å². The highest BCUT2D eigenvalue weighted by atomic mass is 19.3. The third-order valence-electron chi connectivity index (χ3n) is 3.27. The predicted octanol–water partition coefficient (Wildman–Crippen LogP) is 2.04. The number of alkyl halides is 2. The molecule has 1 aliphatic carbocycles. The average Bonchev–Trinajstić information content (AvgIpc) is 2.28. The highest BCUT2D eigenvalue weighted by Gasteiger charge is 2.40. The molecule has 5 heteroatoms. The van der Waals surface area contributed by atoms with Crippen LogP contribution < -0.4 is 0 Å². The fraction of sp³-hybridized carbons (Fsp3) is 0.917. The van der Waals surface area contributed by atoms with Crippen molar-refractivity contribution in [3.8, 4) is 0 Å². The molecule has 100 valence electrons. The van der Waals surface area contributed by atoms with Gasteiger partial charge in [-0.2, -0.15) is 0 Å². The van der Waals surface area contributed by atoms with Gasteiger partial charge in [0.1, 0.15) is 0 Å². The SMILES string of the molecule is CCN(CCCO)C(=O)C1CCCC(F)(F)C1. The van der Waals surface area contributed by atoms with Crippen LogP contribution in [0.5, 0.6) is 0 Å². The summed E-state index contributed by atoms with van der Waals surface area (Å²) >= 11 is 0. The van der Waals surface area contributed by atoms with Crippen molar-refractivity contribution in [3.63, 3.8) is 0 Å². The van der Waals surface area contributed by atoms with Gasteiger partial charge in [0, 0.05) is 38.5 Å². The Morgan fingerprint density at radius 3 is 2.76 bits per heavy atom. The fourth-order valence-electron chi connectivity index (χ4n) is 2.33. The smallest absolute Gasteiger partial charge is 0.248 e. The van der Waals surface area contributed by atoms with E-state index in [1.165, 1.54) is 0 Å². The molecule has 1 fully saturated rings. The normalized spacial score (nSPS) is 23.4. The van der Waals surface area contributed by atoms with Gasteiger partial charge in [0.15, 0.2) is 0 Å². The van der Waals surface area contributed by atoms with Crippen molar-refractivity contribution in [2.24, 2.45) is 5.92 Å². The molecule has 1 rings (SSSR count). The van der Waals surface area contributed by atoms with Crippen LogP contribution in [0.25, 0.3) is 0 Å². The molecule has 17 heavy (non-hydrogen) atoms. The van der Waals surface area contributed by atoms with E-state index in [0.29, 0.717) is 32.4 Å². The molecule has 0 aromatic heterocycles. The van der Waals surface area contributed by atoms with Crippen LogP contribution in [-0.2, 0) is 4.79 Å². The zero-order valence-electron chi connectivity index (χ0n) is 10.3. The molecule has 1 unspecified atom stereocenters. The van der Waals surface area contributed by atoms with Gasteiger partial charge in [-0.15, -0.1) is 0 Å². The quantitative estimate of drug-likeness (QED) is 0.810. The molecule has 1 N–H and O–H groups in total. The van der Waals surface area contributed by atoms with Crippen LogP contribution in [0, 0.1) is 5.92 Å². The van der Waals surface area contributed by atoms with Gasteiger partial charge in [0.05, 0.1) is 0 Å². The molecule has 3 nitrogen and oxygen atoms in total. The zero-order valence-corrected chi connectivity index (χ0v) is 10.3. The van der Waals surface area contributed by atoms with E-state index in [4.69, 9.17) is 5.11 Å². The maximum atomic E-state index is 13.2. The zero-order chi connectivity index (χ0) is 12.9. The standard InChI is InChI=1S/C12H21F2NO2/c1-2-15(7-4-8-16)11(17)10-5-3-6-12(13,14)9-10/h10,16H,2-9H2,1H3. The summed E-state index contributed by atoms with van der Waals surface area (Å²) in [5, 5.41) is 8.73. The Morgan fingerprint density at radius 1 is 1.53 bits per heavy atom. The summed E-state index contributed by atoms with van der Waals surface area (Å²) in [7, 11) is 0. The number of nitrogens with zero attached hydrogens (tertiary/aromatic N) is 1. The molecule has 0 aromatic rings. The molecule has 0 radical (unpaired) electrons. The highest BCUT2D eigenvalue weighted by molar-refractivity contribution is 5.79. The Labute approximate surface area is 101 Å². The average molecular weight is 249 g/mol. The maximum absolute atomic E-state index is 13.2. The van der Waals surface area contributed by atoms with Crippen molar-refractivity contribution in [1.82, 2.24) is 4.90 Å². The lowest BCUT2D eigenvalue weighted by molar-refractivity contribution is -0.142. The van der Waals surface area contributed by atoms with Gasteiger partial charge in [0.2, 0.25) is 11.8 Å². The summed E-state index contributed by atoms with van der Waals surface area (Å²) < 4.78 is 26.4. The summed E-state index contributed by atoms with van der Waals surface area (Å²) in [4.78, 5) is 13.6. The first-order chi connectivity index (χ1) is 8.00. The minimum Gasteiger partial charge on any atom is -0.396 e. The third-order valence-corrected chi connectivity index (χ3v) is 3.27. The van der Waals surface area contributed by atoms with Crippen LogP contribution in [0.3, 0.4) is 0 Å². The first kappa shape index (κ1) is 14.4. The minimum atomic E-state index is -2.69. The number of amides is 1. The van der Waals surface area contributed by atoms with E-state index in [2.05, 4.69) is 0 Å². The summed E-state index contributed by atoms with van der Waals surface area (Å²) in [5.41, 5.74) is 0. The lowest BCUT2D eigenvalue weighted by Crippen LogP contribution is -2.41. The summed E-state index contributed by atoms with van der Waals surface area (Å²) in [6, 6.07) is 0. The van der Waals surface area contributed by atoms with E-state index in [9.17, 15) is 13.6 Å². The number of hydrogen-bond acceptors (Lipinski definition) is 2. The van der Waals surface area contributed by atoms with Gasteiger partial charge >= 0.3 is 0 Å². The molecule has 0 bridgehead atoms. The van der Waals surface area contributed by atoms with Gasteiger partial charge in [-0.05, 0) is 26.2 Å². The van der Waals surface area contributed by atoms with Gasteiger partial charge < -0.3 is 10.0 Å². The van der Waals surface area contributed by atoms with Gasteiger partial charge in [-0.1, -0.05) is 0 Å². The molecule has 1 atom stereocenters. The number of aliphatic hydroxyl groups is 1. The van der Waals surface area contributed by atoms with Crippen molar-refractivity contribution in [1.29, 1.82) is 0 Å². The van der Waals surface area contributed by atoms with Crippen LogP contribution in [0.2, 0.25) is 0 Å². The molecule has 0 aliphatic heterocycles. The first-order valence-electron chi connectivity index (χ1n) is 6.27. The topological polar surface area (TPSA) is 40.5 Å². The Kier molecular flexibility index (Phi) is 5.31. The van der Waals surface area contributed by atoms with E-state index >= 15 is 0 Å². The number of aliphatic hydroxyl groups excluding tert-OH is 1. The van der Waals surface area contributed by atoms with Crippen LogP contribution in [0.15, 0.2) is 0 Å². The second-order valence-electron chi connectivity index (χ2n) is 4.64. The summed E-state index contributed by atoms with van der Waals surface area (Å²) in [6.45, 7) is 2.82. The lowest BCUT2D eigenvalue weighted by atomic mass is 9.85. The molecule has 1 saturated carbocycles. The Balaban J connectivity index is 2.54. The highest BCUT2D eigenvalue weighted by Crippen LogP contribution is 2.37. The van der Waals surface area contributed by atoms with Crippen molar-refractivity contribution in [2.75, 3.05) is 19.7 Å². The number of rotatable bonds is 5. The molecule has 0 spiro atoms. The minimum absolute atomic E-state index is 0.0185. The lowest BCUT2D eigenvalue weighted by Gasteiger charge is -2.32. The number of carbonyl (C=O) groups excluding carboxylic acids is 1. The number of hydrogen-bond donors (Lipinski definition) is 1. The summed E-state index contributed by atoms with van der Waals surface area (Å²) in [6.07, 6.45) is 1.06. The van der Waals surface area contributed by atoms with Crippen molar-refractivity contribution in [2.45, 2.75) is 45.0 Å². The third kappa shape index (κ3) is 4.22. The molecule has 0 aromatic carbocycles. The number of halogens is 2. The molecule has 1 amide bonds. The molecule has 1 aliphatic rings. The van der Waals surface area contributed by atoms with E-state index in [1.807, 2.05) is 6.92 Å². The van der Waals surface area contributed by atoms with Gasteiger partial charge in [-0.25, -0.2) is 8.78 Å². The Morgan fingerprint density at radius 2 is 2.24 bits per heavy atom. The molecular formula is C12H21F2NO2. The first-order valence-corrected chi connectivity index (χ1v) is 6.27. The van der Waals surface area contributed by atoms with Gasteiger partial charge in [0.25, 0.3) is 0 Å². The fourth-order valence-corrected chi connectivity index (χ4v) is 2.33. The van der Waals surface area contributed by atoms with E-state index in [0.717, 1.165) is 0 Å². The summed E-state index contributed by atoms with van der Waals surface area (Å²) in [5.74, 6) is -3.41. The van der Waals surface area contributed by atoms with E-state index in [1.54, 1.807) is 4.90 Å². The predicted molar refractivity (Wildman–Crippen MR) is 60.9 cm³/mol. The van der Waals surface area contributed by atoms with Crippen LogP contribution >= 0.6 is 0 Å². The molecule has 0 heterocycles. The largest absolute Gasteiger partial charge is 0.396 e. The van der Waals surface area contributed by atoms with E-state index < -0.39 is 11.8 Å². The molecule has 0 saturated heterocycles. The molecular weight excluding hydrogens is 228 g/mol. The Hall–Kier alpha value is -0.710. The van der Waals surface area contributed by atoms with Crippen LogP contribution in [-0.4, -0.2) is 41.5 Å². The van der Waals surface area contributed by atoms with Gasteiger partial charge in [-0.3, -0.25) is 4.79 Å². The monoisotopic (exact) mass is 249 g/mol. The van der Waals surface area contributed by atoms with E-state index in [-0.39, 0.29) is 25.4 Å². The Bertz CT molecular complexity index is 259. The second kappa shape index (κ2) is 6.28. The van der Waals surface area contributed by atoms with Crippen LogP contribution in [0.4, 0.5) is 8.78 Å². The number of carbonyl (C=O) groups is 1. The van der Waals surface area contributed by atoms with Crippen molar-refractivity contribution in [3.05, 3.63) is 0 Å². The van der Waals surface area contributed by atoms with Crippen molar-refractivity contribution < 1.29 is 18.7 Å². The van der Waals surface area contributed by atoms with Crippen molar-refractivity contribution >= 4 is 5.91 Å². The maximum Gasteiger partial charge on any atom is 0.248 e.